The lowest BCUT2D eigenvalue weighted by Crippen LogP contribution is -2.54. The highest BCUT2D eigenvalue weighted by Crippen LogP contribution is 2.25. The van der Waals surface area contributed by atoms with E-state index in [1.165, 1.54) is 0 Å². The summed E-state index contributed by atoms with van der Waals surface area (Å²) in [5.74, 6) is 0.394. The Labute approximate surface area is 124 Å². The molecule has 0 saturated carbocycles. The van der Waals surface area contributed by atoms with Crippen molar-refractivity contribution in [2.45, 2.75) is 31.9 Å². The fourth-order valence-corrected chi connectivity index (χ4v) is 2.30. The SMILES string of the molecule is CCOc1ccc(NC(=O)C2(N)CCOCC2)cc1CO. The highest BCUT2D eigenvalue weighted by Gasteiger charge is 2.35. The summed E-state index contributed by atoms with van der Waals surface area (Å²) in [6, 6.07) is 5.17. The molecule has 1 aliphatic rings. The Morgan fingerprint density at radius 3 is 2.81 bits per heavy atom. The minimum Gasteiger partial charge on any atom is -0.494 e. The average molecular weight is 294 g/mol. The quantitative estimate of drug-likeness (QED) is 0.754. The summed E-state index contributed by atoms with van der Waals surface area (Å²) in [5, 5.41) is 12.2. The third-order valence-corrected chi connectivity index (χ3v) is 3.63. The van der Waals surface area contributed by atoms with E-state index in [9.17, 15) is 9.90 Å². The maximum Gasteiger partial charge on any atom is 0.244 e. The second kappa shape index (κ2) is 6.89. The summed E-state index contributed by atoms with van der Waals surface area (Å²) in [6.07, 6.45) is 1.01. The van der Waals surface area contributed by atoms with Crippen LogP contribution in [-0.4, -0.2) is 36.4 Å². The summed E-state index contributed by atoms with van der Waals surface area (Å²) in [4.78, 5) is 12.3. The Kier molecular flexibility index (Phi) is 5.17. The molecule has 2 rings (SSSR count). The monoisotopic (exact) mass is 294 g/mol. The van der Waals surface area contributed by atoms with Gasteiger partial charge in [0, 0.05) is 24.5 Å². The van der Waals surface area contributed by atoms with Gasteiger partial charge in [0.1, 0.15) is 11.3 Å². The number of anilines is 1. The van der Waals surface area contributed by atoms with Crippen molar-refractivity contribution in [3.63, 3.8) is 0 Å². The van der Waals surface area contributed by atoms with Gasteiger partial charge in [-0.3, -0.25) is 4.79 Å². The number of rotatable bonds is 5. The number of nitrogens with two attached hydrogens (primary N) is 1. The van der Waals surface area contributed by atoms with Gasteiger partial charge < -0.3 is 25.6 Å². The van der Waals surface area contributed by atoms with E-state index in [1.54, 1.807) is 18.2 Å². The molecule has 0 spiro atoms. The molecule has 0 aromatic heterocycles. The number of carbonyl (C=O) groups is 1. The van der Waals surface area contributed by atoms with E-state index < -0.39 is 5.54 Å². The molecular formula is C15H22N2O4. The Morgan fingerprint density at radius 2 is 2.19 bits per heavy atom. The molecular weight excluding hydrogens is 272 g/mol. The Balaban J connectivity index is 2.10. The number of ether oxygens (including phenoxy) is 2. The summed E-state index contributed by atoms with van der Waals surface area (Å²) >= 11 is 0. The number of benzene rings is 1. The van der Waals surface area contributed by atoms with E-state index in [0.717, 1.165) is 0 Å². The first-order valence-corrected chi connectivity index (χ1v) is 7.13. The minimum absolute atomic E-state index is 0.152. The van der Waals surface area contributed by atoms with Crippen LogP contribution in [0.15, 0.2) is 18.2 Å². The second-order valence-corrected chi connectivity index (χ2v) is 5.14. The summed E-state index contributed by atoms with van der Waals surface area (Å²) in [6.45, 7) is 3.23. The molecule has 0 bridgehead atoms. The van der Waals surface area contributed by atoms with Crippen LogP contribution < -0.4 is 15.8 Å². The van der Waals surface area contributed by atoms with Gasteiger partial charge in [-0.2, -0.15) is 0 Å². The van der Waals surface area contributed by atoms with Crippen LogP contribution >= 0.6 is 0 Å². The Morgan fingerprint density at radius 1 is 1.48 bits per heavy atom. The van der Waals surface area contributed by atoms with Gasteiger partial charge in [-0.1, -0.05) is 0 Å². The van der Waals surface area contributed by atoms with Crippen LogP contribution in [0, 0.1) is 0 Å². The molecule has 116 valence electrons. The van der Waals surface area contributed by atoms with Gasteiger partial charge in [0.25, 0.3) is 0 Å². The first kappa shape index (κ1) is 15.8. The van der Waals surface area contributed by atoms with Gasteiger partial charge in [-0.25, -0.2) is 0 Å². The average Bonchev–Trinajstić information content (AvgIpc) is 2.49. The maximum atomic E-state index is 12.3. The largest absolute Gasteiger partial charge is 0.494 e. The minimum atomic E-state index is -0.893. The lowest BCUT2D eigenvalue weighted by atomic mass is 9.90. The molecule has 1 aliphatic heterocycles. The van der Waals surface area contributed by atoms with Crippen molar-refractivity contribution in [1.29, 1.82) is 0 Å². The molecule has 6 heteroatoms. The molecule has 1 heterocycles. The van der Waals surface area contributed by atoms with Gasteiger partial charge in [-0.05, 0) is 38.0 Å². The van der Waals surface area contributed by atoms with E-state index in [-0.39, 0.29) is 12.5 Å². The van der Waals surface area contributed by atoms with Gasteiger partial charge in [0.05, 0.1) is 13.2 Å². The predicted octanol–water partition coefficient (Wildman–Crippen LogP) is 1.02. The first-order valence-electron chi connectivity index (χ1n) is 7.13. The predicted molar refractivity (Wildman–Crippen MR) is 79.1 cm³/mol. The first-order chi connectivity index (χ1) is 10.1. The van der Waals surface area contributed by atoms with Crippen LogP contribution in [0.25, 0.3) is 0 Å². The third kappa shape index (κ3) is 3.72. The van der Waals surface area contributed by atoms with Crippen molar-refractivity contribution in [2.24, 2.45) is 5.73 Å². The molecule has 4 N–H and O–H groups in total. The molecule has 0 unspecified atom stereocenters. The number of hydrogen-bond acceptors (Lipinski definition) is 5. The molecule has 0 radical (unpaired) electrons. The van der Waals surface area contributed by atoms with E-state index in [1.807, 2.05) is 6.92 Å². The van der Waals surface area contributed by atoms with Gasteiger partial charge in [0.15, 0.2) is 0 Å². The molecule has 0 aliphatic carbocycles. The van der Waals surface area contributed by atoms with Crippen molar-refractivity contribution in [1.82, 2.24) is 0 Å². The summed E-state index contributed by atoms with van der Waals surface area (Å²) in [7, 11) is 0. The van der Waals surface area contributed by atoms with Gasteiger partial charge in [-0.15, -0.1) is 0 Å². The maximum absolute atomic E-state index is 12.3. The van der Waals surface area contributed by atoms with Crippen LogP contribution in [0.1, 0.15) is 25.3 Å². The fraction of sp³-hybridized carbons (Fsp3) is 0.533. The highest BCUT2D eigenvalue weighted by atomic mass is 16.5. The van der Waals surface area contributed by atoms with E-state index in [4.69, 9.17) is 15.2 Å². The van der Waals surface area contributed by atoms with Crippen molar-refractivity contribution in [3.8, 4) is 5.75 Å². The van der Waals surface area contributed by atoms with Gasteiger partial charge in [0.2, 0.25) is 5.91 Å². The van der Waals surface area contributed by atoms with Crippen LogP contribution in [-0.2, 0) is 16.1 Å². The van der Waals surface area contributed by atoms with E-state index in [0.29, 0.717) is 49.7 Å². The Bertz CT molecular complexity index is 498. The summed E-state index contributed by atoms with van der Waals surface area (Å²) in [5.41, 5.74) is 6.47. The van der Waals surface area contributed by atoms with Crippen LogP contribution in [0.2, 0.25) is 0 Å². The van der Waals surface area contributed by atoms with Crippen LogP contribution in [0.4, 0.5) is 5.69 Å². The third-order valence-electron chi connectivity index (χ3n) is 3.63. The van der Waals surface area contributed by atoms with Gasteiger partial charge >= 0.3 is 0 Å². The number of amides is 1. The fourth-order valence-electron chi connectivity index (χ4n) is 2.30. The zero-order valence-corrected chi connectivity index (χ0v) is 12.2. The highest BCUT2D eigenvalue weighted by molar-refractivity contribution is 5.98. The smallest absolute Gasteiger partial charge is 0.244 e. The second-order valence-electron chi connectivity index (χ2n) is 5.14. The van der Waals surface area contributed by atoms with Crippen LogP contribution in [0.5, 0.6) is 5.75 Å². The van der Waals surface area contributed by atoms with Crippen molar-refractivity contribution in [2.75, 3.05) is 25.1 Å². The van der Waals surface area contributed by atoms with Crippen molar-refractivity contribution >= 4 is 11.6 Å². The number of aliphatic hydroxyl groups is 1. The summed E-state index contributed by atoms with van der Waals surface area (Å²) < 4.78 is 10.6. The number of aliphatic hydroxyl groups excluding tert-OH is 1. The van der Waals surface area contributed by atoms with Crippen LogP contribution in [0.3, 0.4) is 0 Å². The molecule has 1 aromatic carbocycles. The molecule has 21 heavy (non-hydrogen) atoms. The zero-order valence-electron chi connectivity index (χ0n) is 12.2. The standard InChI is InChI=1S/C15H22N2O4/c1-2-21-13-4-3-12(9-11(13)10-18)17-14(19)15(16)5-7-20-8-6-15/h3-4,9,18H,2,5-8,10,16H2,1H3,(H,17,19). The Hall–Kier alpha value is -1.63. The van der Waals surface area contributed by atoms with E-state index in [2.05, 4.69) is 5.32 Å². The number of nitrogens with one attached hydrogen (secondary N) is 1. The normalized spacial score (nSPS) is 17.3. The molecule has 1 saturated heterocycles. The number of hydrogen-bond donors (Lipinski definition) is 3. The topological polar surface area (TPSA) is 93.8 Å². The number of carbonyl (C=O) groups excluding carboxylic acids is 1. The molecule has 1 amide bonds. The molecule has 1 fully saturated rings. The van der Waals surface area contributed by atoms with Crippen molar-refractivity contribution < 1.29 is 19.4 Å². The molecule has 1 aromatic rings. The lowest BCUT2D eigenvalue weighted by molar-refractivity contribution is -0.124. The molecule has 6 nitrogen and oxygen atoms in total. The molecule has 0 atom stereocenters. The lowest BCUT2D eigenvalue weighted by Gasteiger charge is -2.31. The van der Waals surface area contributed by atoms with Crippen molar-refractivity contribution in [3.05, 3.63) is 23.8 Å². The van der Waals surface area contributed by atoms with E-state index >= 15 is 0 Å². The zero-order chi connectivity index (χ0) is 15.3.